The highest BCUT2D eigenvalue weighted by molar-refractivity contribution is 7.11. The van der Waals surface area contributed by atoms with Gasteiger partial charge in [-0.15, -0.1) is 11.3 Å². The van der Waals surface area contributed by atoms with Crippen molar-refractivity contribution < 1.29 is 19.0 Å². The molecular formula is C31H26O4S. The van der Waals surface area contributed by atoms with Crippen molar-refractivity contribution in [3.8, 4) is 17.2 Å². The number of ketones is 1. The Morgan fingerprint density at radius 3 is 2.42 bits per heavy atom. The lowest BCUT2D eigenvalue weighted by molar-refractivity contribution is 0.104. The van der Waals surface area contributed by atoms with Crippen LogP contribution in [0.1, 0.15) is 37.8 Å². The van der Waals surface area contributed by atoms with Crippen molar-refractivity contribution in [3.05, 3.63) is 129 Å². The molecule has 0 saturated heterocycles. The van der Waals surface area contributed by atoms with Crippen LogP contribution in [0, 0.1) is 6.92 Å². The lowest BCUT2D eigenvalue weighted by atomic mass is 9.81. The summed E-state index contributed by atoms with van der Waals surface area (Å²) in [5.74, 6) is 2.48. The molecule has 0 aliphatic carbocycles. The second-order valence-corrected chi connectivity index (χ2v) is 9.46. The number of fused-ring (bicyclic) bond motifs is 1. The van der Waals surface area contributed by atoms with E-state index in [-0.39, 0.29) is 11.7 Å². The Labute approximate surface area is 215 Å². The van der Waals surface area contributed by atoms with Gasteiger partial charge in [0.05, 0.1) is 19.1 Å². The average molecular weight is 495 g/mol. The maximum absolute atomic E-state index is 13.2. The zero-order valence-electron chi connectivity index (χ0n) is 20.4. The number of carbonyl (C=O) groups excluding carboxylic acids is 1. The summed E-state index contributed by atoms with van der Waals surface area (Å²) in [6.45, 7) is 2.08. The second kappa shape index (κ2) is 10.3. The van der Waals surface area contributed by atoms with Crippen LogP contribution in [0.15, 0.2) is 102 Å². The third-order valence-corrected chi connectivity index (χ3v) is 7.12. The van der Waals surface area contributed by atoms with Crippen molar-refractivity contribution in [2.45, 2.75) is 12.8 Å². The molecule has 5 heteroatoms. The van der Waals surface area contributed by atoms with Gasteiger partial charge in [-0.2, -0.15) is 0 Å². The van der Waals surface area contributed by atoms with Crippen LogP contribution in [0.2, 0.25) is 0 Å². The first-order chi connectivity index (χ1) is 17.6. The molecule has 1 aliphatic heterocycles. The summed E-state index contributed by atoms with van der Waals surface area (Å²) in [5.41, 5.74) is 4.87. The fourth-order valence-electron chi connectivity index (χ4n) is 4.42. The summed E-state index contributed by atoms with van der Waals surface area (Å²) in [6.07, 6.45) is 3.51. The van der Waals surface area contributed by atoms with Gasteiger partial charge in [-0.3, -0.25) is 4.79 Å². The number of allylic oxidation sites excluding steroid dienone is 3. The Morgan fingerprint density at radius 2 is 1.69 bits per heavy atom. The Balaban J connectivity index is 1.62. The summed E-state index contributed by atoms with van der Waals surface area (Å²) in [6, 6.07) is 25.9. The molecule has 1 aliphatic rings. The van der Waals surface area contributed by atoms with Crippen LogP contribution in [0.5, 0.6) is 17.2 Å². The third kappa shape index (κ3) is 4.58. The maximum Gasteiger partial charge on any atom is 0.185 e. The van der Waals surface area contributed by atoms with Crippen LogP contribution in [-0.2, 0) is 0 Å². The molecule has 1 atom stereocenters. The zero-order chi connectivity index (χ0) is 25.1. The van der Waals surface area contributed by atoms with E-state index in [2.05, 4.69) is 37.3 Å². The lowest BCUT2D eigenvalue weighted by Gasteiger charge is -2.30. The highest BCUT2D eigenvalue weighted by atomic mass is 32.1. The number of ether oxygens (including phenoxy) is 3. The monoisotopic (exact) mass is 494 g/mol. The van der Waals surface area contributed by atoms with Crippen molar-refractivity contribution in [2.75, 3.05) is 14.2 Å². The van der Waals surface area contributed by atoms with Crippen molar-refractivity contribution in [1.29, 1.82) is 0 Å². The summed E-state index contributed by atoms with van der Waals surface area (Å²) < 4.78 is 17.2. The van der Waals surface area contributed by atoms with Crippen molar-refractivity contribution in [2.24, 2.45) is 0 Å². The number of methoxy groups -OCH3 is 2. The summed E-state index contributed by atoms with van der Waals surface area (Å²) in [4.78, 5) is 14.3. The Kier molecular flexibility index (Phi) is 6.74. The van der Waals surface area contributed by atoms with Gasteiger partial charge in [0, 0.05) is 22.6 Å². The molecule has 0 N–H and O–H groups in total. The number of benzene rings is 3. The van der Waals surface area contributed by atoms with Gasteiger partial charge in [0.1, 0.15) is 11.5 Å². The van der Waals surface area contributed by atoms with Crippen LogP contribution < -0.4 is 14.2 Å². The van der Waals surface area contributed by atoms with E-state index in [0.717, 1.165) is 33.1 Å². The molecule has 4 aromatic rings. The van der Waals surface area contributed by atoms with Gasteiger partial charge in [-0.05, 0) is 54.3 Å². The molecule has 1 aromatic heterocycles. The molecular weight excluding hydrogens is 468 g/mol. The van der Waals surface area contributed by atoms with Gasteiger partial charge in [0.2, 0.25) is 0 Å². The molecule has 0 saturated carbocycles. The SMILES string of the molecule is COc1ccc(C(=O)/C=C/C2=C(c3cccs3)Oc3ccccc3[C@H]2c2ccc(C)cc2)cc1OC. The largest absolute Gasteiger partial charge is 0.493 e. The van der Waals surface area contributed by atoms with E-state index in [9.17, 15) is 4.79 Å². The van der Waals surface area contributed by atoms with Gasteiger partial charge in [-0.25, -0.2) is 0 Å². The van der Waals surface area contributed by atoms with Gasteiger partial charge in [0.15, 0.2) is 17.3 Å². The Bertz CT molecular complexity index is 1450. The molecule has 0 radical (unpaired) electrons. The summed E-state index contributed by atoms with van der Waals surface area (Å²) >= 11 is 1.62. The molecule has 0 fully saturated rings. The van der Waals surface area contributed by atoms with E-state index < -0.39 is 0 Å². The Morgan fingerprint density at radius 1 is 0.917 bits per heavy atom. The third-order valence-electron chi connectivity index (χ3n) is 6.25. The number of hydrogen-bond donors (Lipinski definition) is 0. The van der Waals surface area contributed by atoms with Crippen LogP contribution in [0.25, 0.3) is 5.76 Å². The zero-order valence-corrected chi connectivity index (χ0v) is 21.2. The quantitative estimate of drug-likeness (QED) is 0.198. The van der Waals surface area contributed by atoms with E-state index in [1.54, 1.807) is 49.8 Å². The predicted octanol–water partition coefficient (Wildman–Crippen LogP) is 7.45. The average Bonchev–Trinajstić information content (AvgIpc) is 3.46. The van der Waals surface area contributed by atoms with E-state index in [1.807, 2.05) is 41.8 Å². The van der Waals surface area contributed by atoms with Gasteiger partial charge < -0.3 is 14.2 Å². The fraction of sp³-hybridized carbons (Fsp3) is 0.129. The molecule has 36 heavy (non-hydrogen) atoms. The maximum atomic E-state index is 13.2. The molecule has 4 nitrogen and oxygen atoms in total. The topological polar surface area (TPSA) is 44.8 Å². The number of aryl methyl sites for hydroxylation is 1. The predicted molar refractivity (Wildman–Crippen MR) is 144 cm³/mol. The highest BCUT2D eigenvalue weighted by Crippen LogP contribution is 2.46. The van der Waals surface area contributed by atoms with Crippen LogP contribution in [0.3, 0.4) is 0 Å². The molecule has 2 heterocycles. The van der Waals surface area contributed by atoms with Crippen molar-refractivity contribution >= 4 is 22.9 Å². The number of thiophene rings is 1. The second-order valence-electron chi connectivity index (χ2n) is 8.51. The van der Waals surface area contributed by atoms with Crippen molar-refractivity contribution in [3.63, 3.8) is 0 Å². The standard InChI is InChI=1S/C31H26O4S/c1-20-10-12-21(13-11-20)30-23-7-4-5-8-26(23)35-31(29-9-6-18-36-29)24(30)15-16-25(32)22-14-17-27(33-2)28(19-22)34-3/h4-19,30H,1-3H3/b16-15+/t30-/m1/s1. The van der Waals surface area contributed by atoms with E-state index in [1.165, 1.54) is 5.56 Å². The molecule has 0 amide bonds. The number of hydrogen-bond acceptors (Lipinski definition) is 5. The van der Waals surface area contributed by atoms with Gasteiger partial charge in [0.25, 0.3) is 0 Å². The first kappa shape index (κ1) is 23.6. The molecule has 0 bridgehead atoms. The fourth-order valence-corrected chi connectivity index (χ4v) is 5.15. The van der Waals surface area contributed by atoms with Crippen LogP contribution in [0.4, 0.5) is 0 Å². The molecule has 3 aromatic carbocycles. The van der Waals surface area contributed by atoms with E-state index in [4.69, 9.17) is 14.2 Å². The number of carbonyl (C=O) groups is 1. The molecule has 0 spiro atoms. The molecule has 0 unspecified atom stereocenters. The number of rotatable bonds is 7. The summed E-state index contributed by atoms with van der Waals surface area (Å²) in [5, 5.41) is 2.03. The van der Waals surface area contributed by atoms with Gasteiger partial charge >= 0.3 is 0 Å². The highest BCUT2D eigenvalue weighted by Gasteiger charge is 2.30. The van der Waals surface area contributed by atoms with E-state index >= 15 is 0 Å². The van der Waals surface area contributed by atoms with Crippen molar-refractivity contribution in [1.82, 2.24) is 0 Å². The summed E-state index contributed by atoms with van der Waals surface area (Å²) in [7, 11) is 3.13. The smallest absolute Gasteiger partial charge is 0.185 e. The minimum absolute atomic E-state index is 0.0814. The first-order valence-electron chi connectivity index (χ1n) is 11.6. The minimum atomic E-state index is -0.129. The first-order valence-corrected chi connectivity index (χ1v) is 12.5. The van der Waals surface area contributed by atoms with Gasteiger partial charge in [-0.1, -0.05) is 60.2 Å². The normalized spacial score (nSPS) is 14.9. The van der Waals surface area contributed by atoms with E-state index in [0.29, 0.717) is 17.1 Å². The molecule has 180 valence electrons. The number of para-hydroxylation sites is 1. The van der Waals surface area contributed by atoms with Crippen LogP contribution in [-0.4, -0.2) is 20.0 Å². The minimum Gasteiger partial charge on any atom is -0.493 e. The molecule has 5 rings (SSSR count). The Hall–Kier alpha value is -4.09. The van der Waals surface area contributed by atoms with Crippen LogP contribution >= 0.6 is 11.3 Å². The lowest BCUT2D eigenvalue weighted by Crippen LogP contribution is -2.15.